The van der Waals surface area contributed by atoms with Gasteiger partial charge in [-0.2, -0.15) is 21.6 Å². The predicted octanol–water partition coefficient (Wildman–Crippen LogP) is 0.802. The van der Waals surface area contributed by atoms with Gasteiger partial charge in [0.15, 0.2) is 6.10 Å². The Balaban J connectivity index is 1.88. The van der Waals surface area contributed by atoms with Gasteiger partial charge in [0, 0.05) is 12.5 Å². The van der Waals surface area contributed by atoms with Crippen molar-refractivity contribution in [1.29, 1.82) is 0 Å². The number of amides is 4. The summed E-state index contributed by atoms with van der Waals surface area (Å²) in [7, 11) is -5.99. The highest BCUT2D eigenvalue weighted by Crippen LogP contribution is 2.46. The molecule has 2 aliphatic heterocycles. The van der Waals surface area contributed by atoms with Gasteiger partial charge in [-0.3, -0.25) is 14.4 Å². The van der Waals surface area contributed by atoms with Gasteiger partial charge >= 0.3 is 21.6 Å². The minimum atomic E-state index is -5.99. The molecule has 0 aromatic carbocycles. The summed E-state index contributed by atoms with van der Waals surface area (Å²) in [6.45, 7) is 0.153. The molecule has 3 rings (SSSR count). The van der Waals surface area contributed by atoms with Crippen LogP contribution >= 0.6 is 0 Å². The van der Waals surface area contributed by atoms with Crippen molar-refractivity contribution in [3.8, 4) is 0 Å². The van der Waals surface area contributed by atoms with Gasteiger partial charge in [-0.1, -0.05) is 18.6 Å². The molecule has 0 spiro atoms. The molecule has 2 fully saturated rings. The maximum Gasteiger partial charge on any atom is 0.516 e. The predicted molar refractivity (Wildman–Crippen MR) is 114 cm³/mol. The van der Waals surface area contributed by atoms with Crippen LogP contribution in [-0.2, 0) is 29.1 Å². The molecule has 11 nitrogen and oxygen atoms in total. The molecule has 1 saturated carbocycles. The first kappa shape index (κ1) is 26.8. The Bertz CT molecular complexity index is 1020. The Morgan fingerprint density at radius 3 is 2.54 bits per heavy atom. The normalized spacial score (nSPS) is 30.3. The van der Waals surface area contributed by atoms with Crippen LogP contribution in [0.15, 0.2) is 12.2 Å². The van der Waals surface area contributed by atoms with Crippen molar-refractivity contribution in [1.82, 2.24) is 14.9 Å². The van der Waals surface area contributed by atoms with Crippen molar-refractivity contribution in [3.63, 3.8) is 0 Å². The smallest absolute Gasteiger partial charge is 0.436 e. The minimum Gasteiger partial charge on any atom is -0.436 e. The zero-order valence-corrected chi connectivity index (χ0v) is 19.5. The number of allylic oxidation sites excluding steroid dienone is 1. The van der Waals surface area contributed by atoms with Gasteiger partial charge in [-0.05, 0) is 44.9 Å². The molecule has 2 heterocycles. The quantitative estimate of drug-likeness (QED) is 0.460. The van der Waals surface area contributed by atoms with E-state index in [4.69, 9.17) is 10.5 Å². The third-order valence-electron chi connectivity index (χ3n) is 6.38. The second kappa shape index (κ2) is 10.0. The molecule has 15 heteroatoms. The summed E-state index contributed by atoms with van der Waals surface area (Å²) in [6, 6.07) is -1.08. The molecule has 4 unspecified atom stereocenters. The molecule has 4 atom stereocenters. The Hall–Kier alpha value is -2.84. The first-order chi connectivity index (χ1) is 16.3. The summed E-state index contributed by atoms with van der Waals surface area (Å²) in [6.07, 6.45) is 4.01. The van der Waals surface area contributed by atoms with Crippen LogP contribution < -0.4 is 15.8 Å². The lowest BCUT2D eigenvalue weighted by Gasteiger charge is -2.29. The Morgan fingerprint density at radius 2 is 1.89 bits per heavy atom. The maximum absolute atomic E-state index is 13.1. The van der Waals surface area contributed by atoms with E-state index in [9.17, 15) is 40.8 Å². The van der Waals surface area contributed by atoms with E-state index >= 15 is 0 Å². The SMILES string of the molecule is NC(=O)OC1CCCCCC=CC2CC2(C(=O)NS(=O)(=O)C(F)(F)F)NC(=O)C2CCCN2C1=O. The fraction of sp³-hybridized carbons (Fsp3) is 0.700. The van der Waals surface area contributed by atoms with Crippen molar-refractivity contribution in [2.75, 3.05) is 6.54 Å². The number of halogens is 3. The highest BCUT2D eigenvalue weighted by molar-refractivity contribution is 7.90. The first-order valence-corrected chi connectivity index (χ1v) is 12.7. The molecule has 3 aliphatic rings. The summed E-state index contributed by atoms with van der Waals surface area (Å²) in [4.78, 5) is 51.4. The molecular formula is C20H27F3N4O7S. The van der Waals surface area contributed by atoms with E-state index in [1.807, 2.05) is 0 Å². The van der Waals surface area contributed by atoms with Crippen molar-refractivity contribution < 1.29 is 45.5 Å². The molecule has 196 valence electrons. The molecule has 0 aromatic heterocycles. The number of fused-ring (bicyclic) bond motifs is 2. The number of primary amides is 1. The Kier molecular flexibility index (Phi) is 7.67. The number of rotatable bonds is 3. The van der Waals surface area contributed by atoms with Crippen LogP contribution in [0.4, 0.5) is 18.0 Å². The summed E-state index contributed by atoms with van der Waals surface area (Å²) in [5.41, 5.74) is -2.53. The molecule has 4 amide bonds. The first-order valence-electron chi connectivity index (χ1n) is 11.2. The van der Waals surface area contributed by atoms with Crippen LogP contribution in [0.5, 0.6) is 0 Å². The largest absolute Gasteiger partial charge is 0.516 e. The molecular weight excluding hydrogens is 497 g/mol. The molecule has 0 radical (unpaired) electrons. The zero-order chi connectivity index (χ0) is 26.0. The summed E-state index contributed by atoms with van der Waals surface area (Å²) in [5.74, 6) is -3.69. The molecule has 0 aromatic rings. The molecule has 1 saturated heterocycles. The fourth-order valence-corrected chi connectivity index (χ4v) is 4.99. The van der Waals surface area contributed by atoms with Gasteiger partial charge in [0.25, 0.3) is 11.8 Å². The van der Waals surface area contributed by atoms with Gasteiger partial charge in [-0.15, -0.1) is 0 Å². The number of hydrogen-bond donors (Lipinski definition) is 3. The molecule has 0 bridgehead atoms. The average molecular weight is 525 g/mol. The zero-order valence-electron chi connectivity index (χ0n) is 18.7. The second-order valence-corrected chi connectivity index (χ2v) is 10.5. The van der Waals surface area contributed by atoms with E-state index in [0.29, 0.717) is 32.1 Å². The monoisotopic (exact) mass is 524 g/mol. The number of carbonyl (C=O) groups excluding carboxylic acids is 4. The highest BCUT2D eigenvalue weighted by atomic mass is 32.2. The third kappa shape index (κ3) is 5.87. The van der Waals surface area contributed by atoms with Crippen LogP contribution in [0.25, 0.3) is 0 Å². The van der Waals surface area contributed by atoms with Gasteiger partial charge in [0.1, 0.15) is 11.6 Å². The highest BCUT2D eigenvalue weighted by Gasteiger charge is 2.62. The van der Waals surface area contributed by atoms with Crippen molar-refractivity contribution in [3.05, 3.63) is 12.2 Å². The average Bonchev–Trinajstić information content (AvgIpc) is 3.21. The molecule has 4 N–H and O–H groups in total. The van der Waals surface area contributed by atoms with Gasteiger partial charge < -0.3 is 20.7 Å². The van der Waals surface area contributed by atoms with E-state index in [2.05, 4.69) is 5.32 Å². The van der Waals surface area contributed by atoms with E-state index in [-0.39, 0.29) is 25.8 Å². The summed E-state index contributed by atoms with van der Waals surface area (Å²) < 4.78 is 67.4. The number of nitrogens with one attached hydrogen (secondary N) is 2. The van der Waals surface area contributed by atoms with E-state index in [1.54, 1.807) is 12.2 Å². The summed E-state index contributed by atoms with van der Waals surface area (Å²) in [5, 5.41) is 2.40. The van der Waals surface area contributed by atoms with Crippen LogP contribution in [0.3, 0.4) is 0 Å². The second-order valence-electron chi connectivity index (χ2n) is 8.83. The van der Waals surface area contributed by atoms with Crippen LogP contribution in [-0.4, -0.2) is 66.9 Å². The molecule has 1 aliphatic carbocycles. The fourth-order valence-electron chi connectivity index (χ4n) is 4.45. The van der Waals surface area contributed by atoms with Crippen LogP contribution in [0, 0.1) is 5.92 Å². The number of alkyl halides is 3. The lowest BCUT2D eigenvalue weighted by molar-refractivity contribution is -0.146. The van der Waals surface area contributed by atoms with Crippen molar-refractivity contribution >= 4 is 33.8 Å². The van der Waals surface area contributed by atoms with E-state index in [1.165, 1.54) is 4.90 Å². The number of hydrogen-bond acceptors (Lipinski definition) is 7. The minimum absolute atomic E-state index is 0.109. The lowest BCUT2D eigenvalue weighted by atomic mass is 10.1. The van der Waals surface area contributed by atoms with E-state index < -0.39 is 62.9 Å². The van der Waals surface area contributed by atoms with Crippen LogP contribution in [0.1, 0.15) is 51.4 Å². The lowest BCUT2D eigenvalue weighted by Crippen LogP contribution is -2.58. The standard InChI is InChI=1S/C20H27F3N4O7S/c21-20(22,23)35(32,33)26-17(30)19-11-12(19)7-4-2-1-3-5-9-14(34-18(24)31)16(29)27-10-6-8-13(27)15(28)25-19/h4,7,12-14H,1-3,5-6,8-11H2,(H2,24,31)(H,25,28)(H,26,30). The number of nitrogens with two attached hydrogens (primary N) is 1. The number of carbonyl (C=O) groups is 4. The third-order valence-corrected chi connectivity index (χ3v) is 7.44. The van der Waals surface area contributed by atoms with Gasteiger partial charge in [0.2, 0.25) is 5.91 Å². The topological polar surface area (TPSA) is 165 Å². The number of sulfonamides is 1. The molecule has 35 heavy (non-hydrogen) atoms. The van der Waals surface area contributed by atoms with Gasteiger partial charge in [-0.25, -0.2) is 9.52 Å². The van der Waals surface area contributed by atoms with Crippen LogP contribution in [0.2, 0.25) is 0 Å². The van der Waals surface area contributed by atoms with E-state index in [0.717, 1.165) is 4.72 Å². The Labute approximate surface area is 199 Å². The maximum atomic E-state index is 13.1. The number of ether oxygens (including phenoxy) is 1. The van der Waals surface area contributed by atoms with Crippen molar-refractivity contribution in [2.45, 2.75) is 74.6 Å². The number of nitrogens with zero attached hydrogens (tertiary/aromatic N) is 1. The summed E-state index contributed by atoms with van der Waals surface area (Å²) >= 11 is 0. The van der Waals surface area contributed by atoms with Gasteiger partial charge in [0.05, 0.1) is 0 Å². The Morgan fingerprint density at radius 1 is 1.17 bits per heavy atom. The van der Waals surface area contributed by atoms with Crippen molar-refractivity contribution in [2.24, 2.45) is 11.7 Å².